The lowest BCUT2D eigenvalue weighted by Gasteiger charge is -2.08. The molecule has 0 saturated heterocycles. The summed E-state index contributed by atoms with van der Waals surface area (Å²) in [4.78, 5) is 20.6. The Morgan fingerprint density at radius 3 is 2.38 bits per heavy atom. The molecule has 5 rings (SSSR count). The highest BCUT2D eigenvalue weighted by Crippen LogP contribution is 2.35. The lowest BCUT2D eigenvalue weighted by molar-refractivity contribution is -0.138. The molecule has 0 radical (unpaired) electrons. The summed E-state index contributed by atoms with van der Waals surface area (Å²) in [7, 11) is 0. The number of fused-ring (bicyclic) bond motifs is 1. The highest BCUT2D eigenvalue weighted by Gasteiger charge is 2.24. The van der Waals surface area contributed by atoms with Gasteiger partial charge in [-0.3, -0.25) is 4.79 Å². The summed E-state index contributed by atoms with van der Waals surface area (Å²) in [6.07, 6.45) is 0. The van der Waals surface area contributed by atoms with Crippen molar-refractivity contribution in [1.29, 1.82) is 0 Å². The molecule has 1 N–H and O–H groups in total. The van der Waals surface area contributed by atoms with Crippen molar-refractivity contribution in [2.45, 2.75) is 19.4 Å². The van der Waals surface area contributed by atoms with Crippen LogP contribution in [0.1, 0.15) is 24.4 Å². The normalized spacial score (nSPS) is 11.9. The molecule has 34 heavy (non-hydrogen) atoms. The molecule has 6 heteroatoms. The van der Waals surface area contributed by atoms with Crippen molar-refractivity contribution in [2.75, 3.05) is 0 Å². The molecule has 0 fully saturated rings. The molecule has 0 saturated carbocycles. The molecule has 0 amide bonds. The summed E-state index contributed by atoms with van der Waals surface area (Å²) in [5, 5.41) is 10.5. The standard InChI is InChI=1S/C28H22N2O4/c1-18(28(31)32)27-30-25(26(34-27)21-8-3-2-4-9-21)20-12-15-23(16-13-20)33-17-22-14-11-19-7-5-6-10-24(19)29-22/h2-16,18H,17H2,1H3,(H,31,32). The number of hydrogen-bond donors (Lipinski definition) is 1. The first-order valence-electron chi connectivity index (χ1n) is 11.0. The van der Waals surface area contributed by atoms with Crippen LogP contribution in [-0.2, 0) is 11.4 Å². The van der Waals surface area contributed by atoms with Crippen LogP contribution in [0.4, 0.5) is 0 Å². The Hall–Kier alpha value is -4.45. The van der Waals surface area contributed by atoms with Crippen molar-refractivity contribution in [1.82, 2.24) is 9.97 Å². The highest BCUT2D eigenvalue weighted by molar-refractivity contribution is 5.80. The number of para-hydroxylation sites is 1. The van der Waals surface area contributed by atoms with Crippen LogP contribution in [0.3, 0.4) is 0 Å². The van der Waals surface area contributed by atoms with Gasteiger partial charge in [0.2, 0.25) is 5.89 Å². The number of aliphatic carboxylic acids is 1. The molecule has 2 aromatic heterocycles. The minimum Gasteiger partial charge on any atom is -0.487 e. The van der Waals surface area contributed by atoms with E-state index in [-0.39, 0.29) is 5.89 Å². The highest BCUT2D eigenvalue weighted by atomic mass is 16.5. The smallest absolute Gasteiger partial charge is 0.315 e. The Balaban J connectivity index is 1.39. The van der Waals surface area contributed by atoms with Gasteiger partial charge in [-0.2, -0.15) is 0 Å². The summed E-state index contributed by atoms with van der Waals surface area (Å²) in [5.41, 5.74) is 4.01. The van der Waals surface area contributed by atoms with Gasteiger partial charge in [0.15, 0.2) is 5.76 Å². The van der Waals surface area contributed by atoms with E-state index in [0.717, 1.165) is 27.7 Å². The van der Waals surface area contributed by atoms with Crippen LogP contribution < -0.4 is 4.74 Å². The van der Waals surface area contributed by atoms with Crippen molar-refractivity contribution in [3.8, 4) is 28.3 Å². The van der Waals surface area contributed by atoms with Gasteiger partial charge < -0.3 is 14.3 Å². The second kappa shape index (κ2) is 9.19. The molecule has 2 heterocycles. The first-order valence-corrected chi connectivity index (χ1v) is 11.0. The van der Waals surface area contributed by atoms with Crippen molar-refractivity contribution in [2.24, 2.45) is 0 Å². The number of oxazole rings is 1. The molecule has 0 aliphatic carbocycles. The van der Waals surface area contributed by atoms with Crippen LogP contribution in [0, 0.1) is 0 Å². The van der Waals surface area contributed by atoms with Crippen LogP contribution in [0.2, 0.25) is 0 Å². The van der Waals surface area contributed by atoms with Crippen LogP contribution in [0.15, 0.2) is 95.4 Å². The van der Waals surface area contributed by atoms with E-state index in [1.165, 1.54) is 0 Å². The van der Waals surface area contributed by atoms with E-state index >= 15 is 0 Å². The van der Waals surface area contributed by atoms with E-state index < -0.39 is 11.9 Å². The van der Waals surface area contributed by atoms with Gasteiger partial charge >= 0.3 is 5.97 Å². The fourth-order valence-electron chi connectivity index (χ4n) is 3.66. The zero-order chi connectivity index (χ0) is 23.5. The van der Waals surface area contributed by atoms with Crippen LogP contribution >= 0.6 is 0 Å². The van der Waals surface area contributed by atoms with Crippen molar-refractivity contribution in [3.63, 3.8) is 0 Å². The topological polar surface area (TPSA) is 85.5 Å². The minimum absolute atomic E-state index is 0.170. The van der Waals surface area contributed by atoms with Gasteiger partial charge in [-0.05, 0) is 43.3 Å². The van der Waals surface area contributed by atoms with Gasteiger partial charge in [-0.25, -0.2) is 9.97 Å². The average molecular weight is 450 g/mol. The van der Waals surface area contributed by atoms with Gasteiger partial charge in [-0.15, -0.1) is 0 Å². The molecule has 6 nitrogen and oxygen atoms in total. The molecular weight excluding hydrogens is 428 g/mol. The van der Waals surface area contributed by atoms with Crippen LogP contribution in [0.5, 0.6) is 5.75 Å². The van der Waals surface area contributed by atoms with Gasteiger partial charge in [0.25, 0.3) is 0 Å². The first kappa shape index (κ1) is 21.4. The Morgan fingerprint density at radius 1 is 0.882 bits per heavy atom. The number of carboxylic acid groups (broad SMARTS) is 1. The van der Waals surface area contributed by atoms with Gasteiger partial charge in [0.1, 0.15) is 24.0 Å². The number of ether oxygens (including phenoxy) is 1. The maximum absolute atomic E-state index is 11.5. The van der Waals surface area contributed by atoms with E-state index in [0.29, 0.717) is 23.8 Å². The summed E-state index contributed by atoms with van der Waals surface area (Å²) in [6.45, 7) is 1.91. The van der Waals surface area contributed by atoms with E-state index in [1.54, 1.807) is 6.92 Å². The van der Waals surface area contributed by atoms with Crippen LogP contribution in [0.25, 0.3) is 33.5 Å². The third-order valence-electron chi connectivity index (χ3n) is 5.59. The van der Waals surface area contributed by atoms with Gasteiger partial charge in [0.05, 0.1) is 11.2 Å². The van der Waals surface area contributed by atoms with E-state index in [4.69, 9.17) is 9.15 Å². The summed E-state index contributed by atoms with van der Waals surface area (Å²) >= 11 is 0. The molecule has 0 aliphatic rings. The van der Waals surface area contributed by atoms with Crippen molar-refractivity contribution in [3.05, 3.63) is 103 Å². The Bertz CT molecular complexity index is 1440. The molecule has 1 unspecified atom stereocenters. The maximum Gasteiger partial charge on any atom is 0.315 e. The fourth-order valence-corrected chi connectivity index (χ4v) is 3.66. The fraction of sp³-hybridized carbons (Fsp3) is 0.107. The predicted molar refractivity (Wildman–Crippen MR) is 130 cm³/mol. The summed E-state index contributed by atoms with van der Waals surface area (Å²) in [5.74, 6) is -0.434. The second-order valence-electron chi connectivity index (χ2n) is 7.96. The first-order chi connectivity index (χ1) is 16.6. The number of aromatic nitrogens is 2. The molecule has 168 valence electrons. The average Bonchev–Trinajstić information content (AvgIpc) is 3.33. The van der Waals surface area contributed by atoms with E-state index in [1.807, 2.05) is 91.0 Å². The van der Waals surface area contributed by atoms with Gasteiger partial charge in [0, 0.05) is 16.5 Å². The van der Waals surface area contributed by atoms with Crippen molar-refractivity contribution >= 4 is 16.9 Å². The largest absolute Gasteiger partial charge is 0.487 e. The third kappa shape index (κ3) is 4.38. The molecule has 3 aromatic carbocycles. The molecule has 1 atom stereocenters. The molecule has 0 aliphatic heterocycles. The summed E-state index contributed by atoms with van der Waals surface area (Å²) in [6, 6.07) is 29.0. The van der Waals surface area contributed by atoms with E-state index in [2.05, 4.69) is 9.97 Å². The summed E-state index contributed by atoms with van der Waals surface area (Å²) < 4.78 is 11.9. The van der Waals surface area contributed by atoms with Crippen LogP contribution in [-0.4, -0.2) is 21.0 Å². The SMILES string of the molecule is CC(C(=O)O)c1nc(-c2ccc(OCc3ccc4ccccc4n3)cc2)c(-c2ccccc2)o1. The number of hydrogen-bond acceptors (Lipinski definition) is 5. The molecule has 5 aromatic rings. The molecule has 0 bridgehead atoms. The monoisotopic (exact) mass is 450 g/mol. The number of carboxylic acids is 1. The Labute approximate surface area is 196 Å². The zero-order valence-corrected chi connectivity index (χ0v) is 18.5. The minimum atomic E-state index is -0.988. The Morgan fingerprint density at radius 2 is 1.62 bits per heavy atom. The number of rotatable bonds is 7. The molecule has 0 spiro atoms. The lowest BCUT2D eigenvalue weighted by Crippen LogP contribution is -2.07. The Kier molecular flexibility index (Phi) is 5.79. The molecular formula is C28H22N2O4. The maximum atomic E-state index is 11.5. The quantitative estimate of drug-likeness (QED) is 0.312. The number of carbonyl (C=O) groups is 1. The third-order valence-corrected chi connectivity index (χ3v) is 5.59. The number of pyridine rings is 1. The zero-order valence-electron chi connectivity index (χ0n) is 18.5. The van der Waals surface area contributed by atoms with Crippen molar-refractivity contribution < 1.29 is 19.1 Å². The predicted octanol–water partition coefficient (Wildman–Crippen LogP) is 6.32. The van der Waals surface area contributed by atoms with E-state index in [9.17, 15) is 9.90 Å². The number of benzene rings is 3. The second-order valence-corrected chi connectivity index (χ2v) is 7.96. The number of nitrogens with zero attached hydrogens (tertiary/aromatic N) is 2. The van der Waals surface area contributed by atoms with Gasteiger partial charge in [-0.1, -0.05) is 54.6 Å². The lowest BCUT2D eigenvalue weighted by atomic mass is 10.1.